The average Bonchev–Trinajstić information content (AvgIpc) is 3.31. The molecule has 164 valence electrons. The predicted molar refractivity (Wildman–Crippen MR) is 121 cm³/mol. The first-order valence-corrected chi connectivity index (χ1v) is 11.0. The molecule has 1 amide bonds. The normalized spacial score (nSPS) is 17.8. The van der Waals surface area contributed by atoms with E-state index in [0.29, 0.717) is 21.9 Å². The Morgan fingerprint density at radius 1 is 1.19 bits per heavy atom. The fraction of sp³-hybridized carbons (Fsp3) is 0.167. The lowest BCUT2D eigenvalue weighted by Gasteiger charge is -2.25. The Hall–Kier alpha value is -3.16. The lowest BCUT2D eigenvalue weighted by atomic mass is 9.98. The third kappa shape index (κ3) is 3.89. The van der Waals surface area contributed by atoms with Crippen molar-refractivity contribution in [1.82, 2.24) is 4.90 Å². The highest BCUT2D eigenvalue weighted by molar-refractivity contribution is 7.10. The van der Waals surface area contributed by atoms with E-state index < -0.39 is 23.5 Å². The second kappa shape index (κ2) is 8.76. The fourth-order valence-corrected chi connectivity index (χ4v) is 4.97. The first-order valence-electron chi connectivity index (χ1n) is 9.72. The van der Waals surface area contributed by atoms with Crippen LogP contribution in [0.3, 0.4) is 0 Å². The predicted octanol–water partition coefficient (Wildman–Crippen LogP) is 5.48. The van der Waals surface area contributed by atoms with Crippen molar-refractivity contribution < 1.29 is 23.8 Å². The molecule has 1 fully saturated rings. The molecule has 4 rings (SSSR count). The van der Waals surface area contributed by atoms with E-state index in [2.05, 4.69) is 0 Å². The summed E-state index contributed by atoms with van der Waals surface area (Å²) in [5.74, 6) is -1.87. The zero-order valence-electron chi connectivity index (χ0n) is 17.3. The molecule has 5 nitrogen and oxygen atoms in total. The number of rotatable bonds is 5. The van der Waals surface area contributed by atoms with Crippen LogP contribution in [-0.4, -0.2) is 28.8 Å². The van der Waals surface area contributed by atoms with Gasteiger partial charge in [-0.1, -0.05) is 23.7 Å². The summed E-state index contributed by atoms with van der Waals surface area (Å²) >= 11 is 7.49. The van der Waals surface area contributed by atoms with Crippen LogP contribution in [0.2, 0.25) is 5.02 Å². The number of thiophene rings is 1. The number of ketones is 1. The number of methoxy groups -OCH3 is 1. The highest BCUT2D eigenvalue weighted by Crippen LogP contribution is 2.43. The molecule has 3 aromatic rings. The third-order valence-electron chi connectivity index (χ3n) is 5.38. The minimum absolute atomic E-state index is 0.00737. The Balaban J connectivity index is 1.86. The van der Waals surface area contributed by atoms with Gasteiger partial charge in [-0.3, -0.25) is 9.59 Å². The largest absolute Gasteiger partial charge is 0.507 e. The molecular formula is C24H19ClFNO4S. The van der Waals surface area contributed by atoms with E-state index in [0.717, 1.165) is 10.4 Å². The zero-order chi connectivity index (χ0) is 23.0. The molecule has 0 spiro atoms. The van der Waals surface area contributed by atoms with Crippen molar-refractivity contribution in [3.05, 3.63) is 91.9 Å². The highest BCUT2D eigenvalue weighted by atomic mass is 35.5. The van der Waals surface area contributed by atoms with Gasteiger partial charge in [0, 0.05) is 17.0 Å². The quantitative estimate of drug-likeness (QED) is 0.304. The minimum Gasteiger partial charge on any atom is -0.507 e. The minimum atomic E-state index is -0.781. The van der Waals surface area contributed by atoms with Crippen molar-refractivity contribution in [2.24, 2.45) is 0 Å². The summed E-state index contributed by atoms with van der Waals surface area (Å²) < 4.78 is 18.6. The number of hydrogen-bond donors (Lipinski definition) is 1. The number of amides is 1. The first-order chi connectivity index (χ1) is 15.3. The Kier molecular flexibility index (Phi) is 6.04. The standard InChI is InChI=1S/C24H19ClFNO4S/c1-13-9-10-32-23(13)20-19(21(28)15-5-8-17(25)18(11-15)31-2)22(29)24(30)27(20)12-14-3-6-16(26)7-4-14/h3-11,20,28H,12H2,1-2H3/b21-19-. The van der Waals surface area contributed by atoms with Crippen molar-refractivity contribution in [3.8, 4) is 5.75 Å². The summed E-state index contributed by atoms with van der Waals surface area (Å²) in [5, 5.41) is 13.4. The molecule has 0 bridgehead atoms. The van der Waals surface area contributed by atoms with Gasteiger partial charge in [0.15, 0.2) is 0 Å². The number of carbonyl (C=O) groups is 2. The molecule has 1 aliphatic rings. The van der Waals surface area contributed by atoms with Crippen LogP contribution in [0.4, 0.5) is 4.39 Å². The monoisotopic (exact) mass is 471 g/mol. The molecule has 8 heteroatoms. The van der Waals surface area contributed by atoms with Gasteiger partial charge in [-0.05, 0) is 59.8 Å². The molecule has 2 aromatic carbocycles. The molecule has 0 radical (unpaired) electrons. The summed E-state index contributed by atoms with van der Waals surface area (Å²) in [6, 6.07) is 11.5. The van der Waals surface area contributed by atoms with Crippen LogP contribution >= 0.6 is 22.9 Å². The molecule has 1 atom stereocenters. The second-order valence-corrected chi connectivity index (χ2v) is 8.73. The van der Waals surface area contributed by atoms with Crippen LogP contribution in [0.5, 0.6) is 5.75 Å². The highest BCUT2D eigenvalue weighted by Gasteiger charge is 2.47. The topological polar surface area (TPSA) is 66.8 Å². The van der Waals surface area contributed by atoms with Crippen LogP contribution in [0.1, 0.15) is 27.6 Å². The molecule has 1 aliphatic heterocycles. The maximum absolute atomic E-state index is 13.3. The number of aliphatic hydroxyl groups is 1. The number of aliphatic hydroxyl groups excluding tert-OH is 1. The fourth-order valence-electron chi connectivity index (χ4n) is 3.73. The maximum atomic E-state index is 13.3. The van der Waals surface area contributed by atoms with Crippen LogP contribution in [0, 0.1) is 12.7 Å². The Labute approximate surface area is 193 Å². The van der Waals surface area contributed by atoms with Crippen LogP contribution in [-0.2, 0) is 16.1 Å². The lowest BCUT2D eigenvalue weighted by molar-refractivity contribution is -0.140. The van der Waals surface area contributed by atoms with Crippen LogP contribution in [0.25, 0.3) is 5.76 Å². The number of benzene rings is 2. The van der Waals surface area contributed by atoms with Gasteiger partial charge in [0.05, 0.1) is 17.7 Å². The number of ether oxygens (including phenoxy) is 1. The van der Waals surface area contributed by atoms with E-state index in [1.807, 2.05) is 18.4 Å². The number of carbonyl (C=O) groups excluding carboxylic acids is 2. The molecule has 0 aliphatic carbocycles. The van der Waals surface area contributed by atoms with Gasteiger partial charge in [0.2, 0.25) is 0 Å². The van der Waals surface area contributed by atoms with E-state index in [1.54, 1.807) is 24.3 Å². The number of hydrogen-bond acceptors (Lipinski definition) is 5. The Morgan fingerprint density at radius 3 is 2.53 bits per heavy atom. The van der Waals surface area contributed by atoms with Crippen molar-refractivity contribution in [1.29, 1.82) is 0 Å². The van der Waals surface area contributed by atoms with E-state index in [4.69, 9.17) is 16.3 Å². The molecule has 1 saturated heterocycles. The third-order valence-corrected chi connectivity index (χ3v) is 6.76. The second-order valence-electron chi connectivity index (χ2n) is 7.37. The number of aryl methyl sites for hydroxylation is 1. The molecule has 0 saturated carbocycles. The van der Waals surface area contributed by atoms with Crippen molar-refractivity contribution in [2.45, 2.75) is 19.5 Å². The lowest BCUT2D eigenvalue weighted by Crippen LogP contribution is -2.29. The van der Waals surface area contributed by atoms with Crippen LogP contribution < -0.4 is 4.74 Å². The van der Waals surface area contributed by atoms with E-state index in [9.17, 15) is 19.1 Å². The molecule has 1 unspecified atom stereocenters. The zero-order valence-corrected chi connectivity index (χ0v) is 18.8. The van der Waals surface area contributed by atoms with Gasteiger partial charge in [0.1, 0.15) is 23.4 Å². The van der Waals surface area contributed by atoms with E-state index >= 15 is 0 Å². The van der Waals surface area contributed by atoms with Crippen molar-refractivity contribution in [2.75, 3.05) is 7.11 Å². The number of likely N-dealkylation sites (tertiary alicyclic amines) is 1. The number of halogens is 2. The van der Waals surface area contributed by atoms with E-state index in [1.165, 1.54) is 41.5 Å². The first kappa shape index (κ1) is 22.0. The maximum Gasteiger partial charge on any atom is 0.295 e. The summed E-state index contributed by atoms with van der Waals surface area (Å²) in [6.45, 7) is 1.97. The molecule has 1 N–H and O–H groups in total. The summed E-state index contributed by atoms with van der Waals surface area (Å²) in [6.07, 6.45) is 0. The van der Waals surface area contributed by atoms with Gasteiger partial charge in [-0.15, -0.1) is 11.3 Å². The number of nitrogens with zero attached hydrogens (tertiary/aromatic N) is 1. The molecule has 1 aromatic heterocycles. The van der Waals surface area contributed by atoms with Gasteiger partial charge in [-0.25, -0.2) is 4.39 Å². The van der Waals surface area contributed by atoms with Gasteiger partial charge in [-0.2, -0.15) is 0 Å². The summed E-state index contributed by atoms with van der Waals surface area (Å²) in [5.41, 5.74) is 1.86. The molecular weight excluding hydrogens is 453 g/mol. The average molecular weight is 472 g/mol. The summed E-state index contributed by atoms with van der Waals surface area (Å²) in [7, 11) is 1.45. The van der Waals surface area contributed by atoms with Crippen molar-refractivity contribution >= 4 is 40.4 Å². The van der Waals surface area contributed by atoms with Crippen molar-refractivity contribution in [3.63, 3.8) is 0 Å². The van der Waals surface area contributed by atoms with Gasteiger partial charge in [0.25, 0.3) is 11.7 Å². The van der Waals surface area contributed by atoms with Crippen LogP contribution in [0.15, 0.2) is 59.5 Å². The smallest absolute Gasteiger partial charge is 0.295 e. The summed E-state index contributed by atoms with van der Waals surface area (Å²) in [4.78, 5) is 28.3. The molecule has 2 heterocycles. The van der Waals surface area contributed by atoms with E-state index in [-0.39, 0.29) is 17.9 Å². The SMILES string of the molecule is COc1cc(/C(O)=C2/C(=O)C(=O)N(Cc3ccc(F)cc3)C2c2sccc2C)ccc1Cl. The Morgan fingerprint density at radius 2 is 1.91 bits per heavy atom. The van der Waals surface area contributed by atoms with Gasteiger partial charge < -0.3 is 14.7 Å². The Bertz CT molecular complexity index is 1240. The number of Topliss-reactive ketones (excluding diaryl/α,β-unsaturated/α-hetero) is 1. The van der Waals surface area contributed by atoms with Gasteiger partial charge >= 0.3 is 0 Å². The molecule has 32 heavy (non-hydrogen) atoms.